The summed E-state index contributed by atoms with van der Waals surface area (Å²) in [6.45, 7) is 4.36. The molecule has 25 heavy (non-hydrogen) atoms. The van der Waals surface area contributed by atoms with Crippen molar-refractivity contribution in [3.63, 3.8) is 0 Å². The highest BCUT2D eigenvalue weighted by Gasteiger charge is 2.27. The van der Waals surface area contributed by atoms with E-state index in [0.717, 1.165) is 11.3 Å². The van der Waals surface area contributed by atoms with Gasteiger partial charge in [0.05, 0.1) is 24.9 Å². The summed E-state index contributed by atoms with van der Waals surface area (Å²) < 4.78 is 10.5. The molecule has 1 N–H and O–H groups in total. The quantitative estimate of drug-likeness (QED) is 0.848. The number of ether oxygens (including phenoxy) is 2. The van der Waals surface area contributed by atoms with Gasteiger partial charge in [0.2, 0.25) is 0 Å². The summed E-state index contributed by atoms with van der Waals surface area (Å²) in [4.78, 5) is 25.9. The summed E-state index contributed by atoms with van der Waals surface area (Å²) in [5.41, 5.74) is 2.84. The molecular formula is C19H20N2O4. The Morgan fingerprint density at radius 3 is 2.60 bits per heavy atom. The molecule has 0 aliphatic carbocycles. The maximum atomic E-state index is 12.7. The standard InChI is InChI=1S/C19H20N2O4/c1-12-4-9-17-16(10-12)21(11-13(2)25-17)19(23)20-15-7-5-14(6-8-15)18(22)24-3/h4-10,13H,11H2,1-3H3,(H,20,23). The second kappa shape index (κ2) is 6.84. The Morgan fingerprint density at radius 1 is 1.20 bits per heavy atom. The molecule has 1 unspecified atom stereocenters. The van der Waals surface area contributed by atoms with Gasteiger partial charge in [-0.15, -0.1) is 0 Å². The van der Waals surface area contributed by atoms with Crippen LogP contribution in [0.2, 0.25) is 0 Å². The minimum atomic E-state index is -0.413. The monoisotopic (exact) mass is 340 g/mol. The minimum Gasteiger partial charge on any atom is -0.487 e. The fourth-order valence-electron chi connectivity index (χ4n) is 2.74. The van der Waals surface area contributed by atoms with Crippen molar-refractivity contribution >= 4 is 23.4 Å². The lowest BCUT2D eigenvalue weighted by molar-refractivity contribution is 0.0600. The van der Waals surface area contributed by atoms with Crippen LogP contribution in [0.25, 0.3) is 0 Å². The molecule has 0 radical (unpaired) electrons. The number of rotatable bonds is 2. The van der Waals surface area contributed by atoms with E-state index in [-0.39, 0.29) is 12.1 Å². The van der Waals surface area contributed by atoms with E-state index in [1.165, 1.54) is 7.11 Å². The van der Waals surface area contributed by atoms with Crippen LogP contribution in [0.15, 0.2) is 42.5 Å². The van der Waals surface area contributed by atoms with Gasteiger partial charge in [0.25, 0.3) is 0 Å². The van der Waals surface area contributed by atoms with Crippen molar-refractivity contribution < 1.29 is 19.1 Å². The molecule has 6 nitrogen and oxygen atoms in total. The third-order valence-electron chi connectivity index (χ3n) is 3.98. The molecule has 0 aromatic heterocycles. The van der Waals surface area contributed by atoms with Crippen LogP contribution in [0.3, 0.4) is 0 Å². The van der Waals surface area contributed by atoms with Gasteiger partial charge in [0, 0.05) is 5.69 Å². The molecule has 0 fully saturated rings. The number of hydrogen-bond acceptors (Lipinski definition) is 4. The third-order valence-corrected chi connectivity index (χ3v) is 3.98. The highest BCUT2D eigenvalue weighted by molar-refractivity contribution is 6.03. The van der Waals surface area contributed by atoms with Gasteiger partial charge in [-0.1, -0.05) is 6.07 Å². The summed E-state index contributed by atoms with van der Waals surface area (Å²) >= 11 is 0. The second-order valence-electron chi connectivity index (χ2n) is 6.01. The highest BCUT2D eigenvalue weighted by Crippen LogP contribution is 2.34. The van der Waals surface area contributed by atoms with Crippen LogP contribution < -0.4 is 15.0 Å². The lowest BCUT2D eigenvalue weighted by Gasteiger charge is -2.33. The van der Waals surface area contributed by atoms with Gasteiger partial charge in [0.15, 0.2) is 0 Å². The van der Waals surface area contributed by atoms with Crippen molar-refractivity contribution in [2.75, 3.05) is 23.9 Å². The molecule has 0 spiro atoms. The molecule has 0 bridgehead atoms. The number of methoxy groups -OCH3 is 1. The number of carbonyl (C=O) groups excluding carboxylic acids is 2. The average molecular weight is 340 g/mol. The molecule has 130 valence electrons. The molecule has 6 heteroatoms. The fraction of sp³-hybridized carbons (Fsp3) is 0.263. The van der Waals surface area contributed by atoms with Crippen molar-refractivity contribution in [1.29, 1.82) is 0 Å². The van der Waals surface area contributed by atoms with E-state index in [1.807, 2.05) is 32.0 Å². The first-order chi connectivity index (χ1) is 12.0. The van der Waals surface area contributed by atoms with Gasteiger partial charge in [0.1, 0.15) is 11.9 Å². The predicted octanol–water partition coefficient (Wildman–Crippen LogP) is 3.60. The number of hydrogen-bond donors (Lipinski definition) is 1. The van der Waals surface area contributed by atoms with E-state index in [4.69, 9.17) is 4.74 Å². The van der Waals surface area contributed by atoms with Crippen LogP contribution >= 0.6 is 0 Å². The predicted molar refractivity (Wildman–Crippen MR) is 95.4 cm³/mol. The zero-order valence-electron chi connectivity index (χ0n) is 14.4. The van der Waals surface area contributed by atoms with Gasteiger partial charge in [-0.2, -0.15) is 0 Å². The Bertz CT molecular complexity index is 802. The molecule has 1 heterocycles. The first-order valence-corrected chi connectivity index (χ1v) is 8.02. The largest absolute Gasteiger partial charge is 0.487 e. The topological polar surface area (TPSA) is 67.9 Å². The lowest BCUT2D eigenvalue weighted by Crippen LogP contribution is -2.44. The smallest absolute Gasteiger partial charge is 0.337 e. The number of nitrogens with zero attached hydrogens (tertiary/aromatic N) is 1. The van der Waals surface area contributed by atoms with E-state index in [2.05, 4.69) is 10.1 Å². The zero-order chi connectivity index (χ0) is 18.0. The number of anilines is 2. The maximum Gasteiger partial charge on any atom is 0.337 e. The summed E-state index contributed by atoms with van der Waals surface area (Å²) in [6.07, 6.45) is -0.0948. The molecule has 0 saturated heterocycles. The Labute approximate surface area is 146 Å². The van der Waals surface area contributed by atoms with Crippen LogP contribution in [-0.2, 0) is 4.74 Å². The van der Waals surface area contributed by atoms with Crippen LogP contribution in [-0.4, -0.2) is 31.8 Å². The van der Waals surface area contributed by atoms with Crippen molar-refractivity contribution in [2.24, 2.45) is 0 Å². The fourth-order valence-corrected chi connectivity index (χ4v) is 2.74. The van der Waals surface area contributed by atoms with Crippen LogP contribution in [0.5, 0.6) is 5.75 Å². The Morgan fingerprint density at radius 2 is 1.92 bits per heavy atom. The van der Waals surface area contributed by atoms with Crippen molar-refractivity contribution in [1.82, 2.24) is 0 Å². The van der Waals surface area contributed by atoms with E-state index in [9.17, 15) is 9.59 Å². The maximum absolute atomic E-state index is 12.7. The van der Waals surface area contributed by atoms with Crippen molar-refractivity contribution in [2.45, 2.75) is 20.0 Å². The summed E-state index contributed by atoms with van der Waals surface area (Å²) in [5, 5.41) is 2.86. The Kier molecular flexibility index (Phi) is 4.61. The molecule has 2 aromatic carbocycles. The zero-order valence-corrected chi connectivity index (χ0v) is 14.4. The van der Waals surface area contributed by atoms with Gasteiger partial charge in [-0.25, -0.2) is 9.59 Å². The van der Waals surface area contributed by atoms with E-state index < -0.39 is 5.97 Å². The first-order valence-electron chi connectivity index (χ1n) is 8.02. The molecule has 3 rings (SSSR count). The molecule has 1 atom stereocenters. The van der Waals surface area contributed by atoms with Gasteiger partial charge < -0.3 is 14.8 Å². The molecule has 1 aliphatic rings. The highest BCUT2D eigenvalue weighted by atomic mass is 16.5. The van der Waals surface area contributed by atoms with E-state index in [1.54, 1.807) is 29.2 Å². The van der Waals surface area contributed by atoms with Crippen LogP contribution in [0.4, 0.5) is 16.2 Å². The summed E-state index contributed by atoms with van der Waals surface area (Å²) in [6, 6.07) is 12.1. The van der Waals surface area contributed by atoms with Gasteiger partial charge in [-0.3, -0.25) is 4.90 Å². The van der Waals surface area contributed by atoms with Crippen molar-refractivity contribution in [3.8, 4) is 5.75 Å². The second-order valence-corrected chi connectivity index (χ2v) is 6.01. The van der Waals surface area contributed by atoms with Gasteiger partial charge in [-0.05, 0) is 55.8 Å². The number of amides is 2. The van der Waals surface area contributed by atoms with Crippen LogP contribution in [0.1, 0.15) is 22.8 Å². The first kappa shape index (κ1) is 16.8. The molecule has 1 aliphatic heterocycles. The molecular weight excluding hydrogens is 320 g/mol. The number of nitrogens with one attached hydrogen (secondary N) is 1. The number of urea groups is 1. The Balaban J connectivity index is 1.80. The van der Waals surface area contributed by atoms with E-state index >= 15 is 0 Å². The number of carbonyl (C=O) groups is 2. The summed E-state index contributed by atoms with van der Waals surface area (Å²) in [7, 11) is 1.33. The third kappa shape index (κ3) is 3.57. The van der Waals surface area contributed by atoms with Gasteiger partial charge >= 0.3 is 12.0 Å². The number of fused-ring (bicyclic) bond motifs is 1. The SMILES string of the molecule is COC(=O)c1ccc(NC(=O)N2CC(C)Oc3ccc(C)cc32)cc1. The number of benzene rings is 2. The van der Waals surface area contributed by atoms with E-state index in [0.29, 0.717) is 23.5 Å². The number of esters is 1. The number of aryl methyl sites for hydroxylation is 1. The minimum absolute atomic E-state index is 0.0948. The van der Waals surface area contributed by atoms with Crippen molar-refractivity contribution in [3.05, 3.63) is 53.6 Å². The van der Waals surface area contributed by atoms with Crippen LogP contribution in [0, 0.1) is 6.92 Å². The lowest BCUT2D eigenvalue weighted by atomic mass is 10.1. The molecule has 2 aromatic rings. The summed E-state index contributed by atoms with van der Waals surface area (Å²) in [5.74, 6) is 0.282. The molecule has 2 amide bonds. The molecule has 0 saturated carbocycles. The average Bonchev–Trinajstić information content (AvgIpc) is 2.61. The normalized spacial score (nSPS) is 15.8. The Hall–Kier alpha value is -3.02.